The molecule has 1 N–H and O–H groups in total. The maximum atomic E-state index is 13.2. The Balaban J connectivity index is 1.64. The number of para-hydroxylation sites is 1. The number of amides is 1. The van der Waals surface area contributed by atoms with Crippen molar-refractivity contribution in [3.05, 3.63) is 59.9 Å². The highest BCUT2D eigenvalue weighted by Gasteiger charge is 2.20. The van der Waals surface area contributed by atoms with Crippen molar-refractivity contribution in [3.63, 3.8) is 0 Å². The molecule has 0 fully saturated rings. The number of benzene rings is 2. The Morgan fingerprint density at radius 3 is 2.96 bits per heavy atom. The average Bonchev–Trinajstić information content (AvgIpc) is 2.54. The van der Waals surface area contributed by atoms with E-state index in [9.17, 15) is 9.18 Å². The Bertz CT molecular complexity index is 764. The number of carbonyl (C=O) groups is 1. The molecule has 0 aliphatic carbocycles. The van der Waals surface area contributed by atoms with Crippen molar-refractivity contribution in [2.45, 2.75) is 17.9 Å². The number of rotatable bonds is 3. The van der Waals surface area contributed by atoms with Crippen molar-refractivity contribution >= 4 is 45.2 Å². The van der Waals surface area contributed by atoms with E-state index in [4.69, 9.17) is 0 Å². The van der Waals surface area contributed by atoms with Crippen LogP contribution in [0.4, 0.5) is 15.8 Å². The minimum absolute atomic E-state index is 0.164. The van der Waals surface area contributed by atoms with Crippen LogP contribution in [0.2, 0.25) is 0 Å². The summed E-state index contributed by atoms with van der Waals surface area (Å²) < 4.78 is 14.0. The molecule has 1 unspecified atom stereocenters. The molecule has 2 aromatic rings. The van der Waals surface area contributed by atoms with Crippen molar-refractivity contribution < 1.29 is 9.18 Å². The van der Waals surface area contributed by atoms with Crippen LogP contribution in [0.15, 0.2) is 53.5 Å². The fourth-order valence-corrected chi connectivity index (χ4v) is 4.27. The number of nitrogens with zero attached hydrogens (tertiary/aromatic N) is 1. The predicted octanol–water partition coefficient (Wildman–Crippen LogP) is 4.82. The lowest BCUT2D eigenvalue weighted by molar-refractivity contribution is -0.115. The van der Waals surface area contributed by atoms with Crippen LogP contribution < -0.4 is 5.32 Å². The van der Waals surface area contributed by atoms with Gasteiger partial charge in [-0.05, 0) is 36.8 Å². The van der Waals surface area contributed by atoms with Gasteiger partial charge >= 0.3 is 0 Å². The summed E-state index contributed by atoms with van der Waals surface area (Å²) in [5.74, 6) is 0.329. The lowest BCUT2D eigenvalue weighted by Gasteiger charge is -2.17. The Kier molecular flexibility index (Phi) is 5.03. The van der Waals surface area contributed by atoms with Crippen molar-refractivity contribution in [1.82, 2.24) is 0 Å². The molecule has 1 heterocycles. The number of nitrogens with one attached hydrogen (secondary N) is 1. The summed E-state index contributed by atoms with van der Waals surface area (Å²) >= 11 is 3.06. The summed E-state index contributed by atoms with van der Waals surface area (Å²) in [4.78, 5) is 16.8. The standard InChI is InChI=1S/C17H15FN2OS2/c1-11(16(21)19-14-7-4-6-13(18)9-14)23-17-20-15-8-3-2-5-12(15)10-22-17/h2-9,11H,10H2,1H3,(H,19,21). The smallest absolute Gasteiger partial charge is 0.237 e. The molecular formula is C17H15FN2OS2. The summed E-state index contributed by atoms with van der Waals surface area (Å²) in [6, 6.07) is 13.9. The number of hydrogen-bond donors (Lipinski definition) is 1. The van der Waals surface area contributed by atoms with Crippen molar-refractivity contribution in [2.75, 3.05) is 5.32 Å². The predicted molar refractivity (Wildman–Crippen MR) is 96.9 cm³/mol. The van der Waals surface area contributed by atoms with E-state index in [1.807, 2.05) is 25.1 Å². The molecule has 0 bridgehead atoms. The van der Waals surface area contributed by atoms with E-state index in [-0.39, 0.29) is 17.0 Å². The summed E-state index contributed by atoms with van der Waals surface area (Å²) in [6.07, 6.45) is 0. The summed E-state index contributed by atoms with van der Waals surface area (Å²) in [5.41, 5.74) is 2.64. The van der Waals surface area contributed by atoms with Gasteiger partial charge in [0.2, 0.25) is 5.91 Å². The summed E-state index contributed by atoms with van der Waals surface area (Å²) in [5, 5.41) is 2.42. The number of thioether (sulfide) groups is 2. The van der Waals surface area contributed by atoms with Gasteiger partial charge < -0.3 is 5.32 Å². The zero-order chi connectivity index (χ0) is 16.2. The van der Waals surface area contributed by atoms with E-state index in [1.54, 1.807) is 23.9 Å². The number of fused-ring (bicyclic) bond motifs is 1. The lowest BCUT2D eigenvalue weighted by atomic mass is 10.2. The molecule has 23 heavy (non-hydrogen) atoms. The van der Waals surface area contributed by atoms with Gasteiger partial charge in [0.15, 0.2) is 0 Å². The molecule has 0 radical (unpaired) electrons. The summed E-state index contributed by atoms with van der Waals surface area (Å²) in [6.45, 7) is 1.82. The van der Waals surface area contributed by atoms with Crippen LogP contribution in [0.25, 0.3) is 0 Å². The SMILES string of the molecule is CC(SC1=Nc2ccccc2CS1)C(=O)Nc1cccc(F)c1. The van der Waals surface area contributed by atoms with Gasteiger partial charge in [0, 0.05) is 11.4 Å². The molecule has 1 aliphatic rings. The molecule has 0 spiro atoms. The normalized spacial score (nSPS) is 14.6. The van der Waals surface area contributed by atoms with Gasteiger partial charge in [-0.3, -0.25) is 4.79 Å². The van der Waals surface area contributed by atoms with Crippen molar-refractivity contribution in [2.24, 2.45) is 4.99 Å². The maximum Gasteiger partial charge on any atom is 0.237 e. The molecule has 0 saturated heterocycles. The van der Waals surface area contributed by atoms with E-state index in [1.165, 1.54) is 29.5 Å². The summed E-state index contributed by atoms with van der Waals surface area (Å²) in [7, 11) is 0. The zero-order valence-electron chi connectivity index (χ0n) is 12.5. The van der Waals surface area contributed by atoms with Crippen molar-refractivity contribution in [3.8, 4) is 0 Å². The number of anilines is 1. The average molecular weight is 346 g/mol. The van der Waals surface area contributed by atoms with Crippen LogP contribution in [0.1, 0.15) is 12.5 Å². The van der Waals surface area contributed by atoms with Gasteiger partial charge in [-0.2, -0.15) is 0 Å². The molecule has 6 heteroatoms. The molecule has 0 saturated carbocycles. The Morgan fingerprint density at radius 2 is 2.13 bits per heavy atom. The molecular weight excluding hydrogens is 331 g/mol. The zero-order valence-corrected chi connectivity index (χ0v) is 14.1. The minimum Gasteiger partial charge on any atom is -0.325 e. The highest BCUT2D eigenvalue weighted by molar-refractivity contribution is 8.39. The minimum atomic E-state index is -0.369. The molecule has 3 rings (SSSR count). The molecule has 2 aromatic carbocycles. The van der Waals surface area contributed by atoms with Crippen LogP contribution in [0.3, 0.4) is 0 Å². The van der Waals surface area contributed by atoms with Crippen LogP contribution in [0, 0.1) is 5.82 Å². The Morgan fingerprint density at radius 1 is 1.30 bits per heavy atom. The first-order chi connectivity index (χ1) is 11.1. The van der Waals surface area contributed by atoms with E-state index < -0.39 is 0 Å². The molecule has 0 aromatic heterocycles. The first-order valence-electron chi connectivity index (χ1n) is 7.14. The third kappa shape index (κ3) is 4.14. The van der Waals surface area contributed by atoms with Gasteiger partial charge in [-0.25, -0.2) is 9.38 Å². The second-order valence-electron chi connectivity index (χ2n) is 5.05. The third-order valence-electron chi connectivity index (χ3n) is 3.29. The Hall–Kier alpha value is -1.79. The number of carbonyl (C=O) groups excluding carboxylic acids is 1. The highest BCUT2D eigenvalue weighted by atomic mass is 32.2. The number of aliphatic imine (C=N–C) groups is 1. The Labute approximate surface area is 142 Å². The maximum absolute atomic E-state index is 13.2. The lowest BCUT2D eigenvalue weighted by Crippen LogP contribution is -2.23. The van der Waals surface area contributed by atoms with E-state index >= 15 is 0 Å². The van der Waals surface area contributed by atoms with Gasteiger partial charge in [-0.1, -0.05) is 47.8 Å². The molecule has 118 valence electrons. The molecule has 3 nitrogen and oxygen atoms in total. The van der Waals surface area contributed by atoms with Gasteiger partial charge in [0.25, 0.3) is 0 Å². The largest absolute Gasteiger partial charge is 0.325 e. The van der Waals surface area contributed by atoms with Gasteiger partial charge in [-0.15, -0.1) is 0 Å². The van der Waals surface area contributed by atoms with Crippen LogP contribution in [-0.2, 0) is 10.5 Å². The van der Waals surface area contributed by atoms with Crippen molar-refractivity contribution in [1.29, 1.82) is 0 Å². The topological polar surface area (TPSA) is 41.5 Å². The molecule has 1 aliphatic heterocycles. The second-order valence-corrected chi connectivity index (χ2v) is 7.61. The van der Waals surface area contributed by atoms with Gasteiger partial charge in [0.05, 0.1) is 10.9 Å². The first-order valence-corrected chi connectivity index (χ1v) is 9.01. The monoisotopic (exact) mass is 346 g/mol. The number of hydrogen-bond acceptors (Lipinski definition) is 4. The molecule has 1 atom stereocenters. The van der Waals surface area contributed by atoms with Crippen LogP contribution >= 0.6 is 23.5 Å². The van der Waals surface area contributed by atoms with Crippen LogP contribution in [-0.4, -0.2) is 15.5 Å². The van der Waals surface area contributed by atoms with Crippen LogP contribution in [0.5, 0.6) is 0 Å². The van der Waals surface area contributed by atoms with Gasteiger partial charge in [0.1, 0.15) is 10.2 Å². The number of halogens is 1. The highest BCUT2D eigenvalue weighted by Crippen LogP contribution is 2.35. The fourth-order valence-electron chi connectivity index (χ4n) is 2.09. The van der Waals surface area contributed by atoms with E-state index in [2.05, 4.69) is 16.4 Å². The molecule has 1 amide bonds. The second kappa shape index (κ2) is 7.19. The third-order valence-corrected chi connectivity index (χ3v) is 5.59. The fraction of sp³-hybridized carbons (Fsp3) is 0.176. The quantitative estimate of drug-likeness (QED) is 0.866. The van der Waals surface area contributed by atoms with E-state index in [0.29, 0.717) is 5.69 Å². The van der Waals surface area contributed by atoms with E-state index in [0.717, 1.165) is 15.8 Å². The first kappa shape index (κ1) is 16.1.